The molecule has 0 aliphatic heterocycles. The molecule has 0 spiro atoms. The Kier molecular flexibility index (Phi) is 3.18. The lowest BCUT2D eigenvalue weighted by molar-refractivity contribution is 0.289. The number of hydrogen-bond acceptors (Lipinski definition) is 1. The molecule has 1 aromatic carbocycles. The van der Waals surface area contributed by atoms with Crippen LogP contribution in [0.1, 0.15) is 38.1 Å². The number of fused-ring (bicyclic) bond motifs is 1. The van der Waals surface area contributed by atoms with E-state index in [0.29, 0.717) is 6.04 Å². The minimum Gasteiger partial charge on any atom is -0.323 e. The second kappa shape index (κ2) is 4.97. The molecule has 3 rings (SSSR count). The predicted octanol–water partition coefficient (Wildman–Crippen LogP) is 4.34. The fraction of sp³-hybridized carbons (Fsp3) is 0.438. The molecule has 0 radical (unpaired) electrons. The van der Waals surface area contributed by atoms with Gasteiger partial charge < -0.3 is 4.57 Å². The average molecular weight is 240 g/mol. The molecule has 94 valence electrons. The molecule has 2 nitrogen and oxygen atoms in total. The summed E-state index contributed by atoms with van der Waals surface area (Å²) in [7, 11) is 0. The van der Waals surface area contributed by atoms with E-state index in [2.05, 4.69) is 40.4 Å². The van der Waals surface area contributed by atoms with Crippen molar-refractivity contribution in [2.75, 3.05) is 0 Å². The first-order valence-electron chi connectivity index (χ1n) is 6.94. The Bertz CT molecular complexity index is 535. The summed E-state index contributed by atoms with van der Waals surface area (Å²) in [5.74, 6) is 0.730. The highest BCUT2D eigenvalue weighted by Crippen LogP contribution is 2.35. The van der Waals surface area contributed by atoms with Gasteiger partial charge in [0.1, 0.15) is 0 Å². The zero-order chi connectivity index (χ0) is 12.4. The molecular formula is C16H20N2. The molecule has 0 bridgehead atoms. The van der Waals surface area contributed by atoms with Crippen LogP contribution < -0.4 is 0 Å². The molecule has 1 heterocycles. The summed E-state index contributed by atoms with van der Waals surface area (Å²) in [6.45, 7) is 4.05. The number of allylic oxidation sites excluding steroid dienone is 1. The third kappa shape index (κ3) is 1.96. The smallest absolute Gasteiger partial charge is 0.0964 e. The lowest BCUT2D eigenvalue weighted by Crippen LogP contribution is -2.19. The minimum atomic E-state index is 0.401. The number of hydrogen-bond donors (Lipinski definition) is 0. The van der Waals surface area contributed by atoms with E-state index >= 15 is 0 Å². The van der Waals surface area contributed by atoms with Gasteiger partial charge in [-0.1, -0.05) is 37.5 Å². The van der Waals surface area contributed by atoms with Crippen molar-refractivity contribution in [2.45, 2.75) is 38.1 Å². The van der Waals surface area contributed by atoms with E-state index in [1.165, 1.54) is 37.6 Å². The molecule has 2 aromatic rings. The predicted molar refractivity (Wildman–Crippen MR) is 75.5 cm³/mol. The van der Waals surface area contributed by atoms with E-state index < -0.39 is 0 Å². The fourth-order valence-corrected chi connectivity index (χ4v) is 3.22. The Balaban J connectivity index is 1.97. The molecule has 1 aliphatic carbocycles. The molecule has 1 fully saturated rings. The van der Waals surface area contributed by atoms with E-state index in [0.717, 1.165) is 11.4 Å². The zero-order valence-electron chi connectivity index (χ0n) is 10.8. The molecule has 0 N–H and O–H groups in total. The van der Waals surface area contributed by atoms with Gasteiger partial charge in [-0.3, -0.25) is 0 Å². The Morgan fingerprint density at radius 2 is 2.00 bits per heavy atom. The van der Waals surface area contributed by atoms with Crippen LogP contribution in [-0.4, -0.2) is 9.55 Å². The monoisotopic (exact) mass is 240 g/mol. The summed E-state index contributed by atoms with van der Waals surface area (Å²) >= 11 is 0. The van der Waals surface area contributed by atoms with Gasteiger partial charge in [0.05, 0.1) is 23.4 Å². The maximum absolute atomic E-state index is 4.50. The van der Waals surface area contributed by atoms with Crippen molar-refractivity contribution in [3.8, 4) is 0 Å². The van der Waals surface area contributed by atoms with Gasteiger partial charge in [-0.2, -0.15) is 0 Å². The Labute approximate surface area is 108 Å². The summed E-state index contributed by atoms with van der Waals surface area (Å²) in [4.78, 5) is 4.50. The quantitative estimate of drug-likeness (QED) is 0.729. The van der Waals surface area contributed by atoms with Gasteiger partial charge in [-0.15, -0.1) is 6.58 Å². The van der Waals surface area contributed by atoms with Crippen LogP contribution in [0.15, 0.2) is 43.2 Å². The summed E-state index contributed by atoms with van der Waals surface area (Å²) in [6.07, 6.45) is 10.8. The van der Waals surface area contributed by atoms with Crippen LogP contribution in [0.2, 0.25) is 0 Å². The molecule has 0 unspecified atom stereocenters. The average Bonchev–Trinajstić information content (AvgIpc) is 2.85. The Morgan fingerprint density at radius 1 is 1.22 bits per heavy atom. The van der Waals surface area contributed by atoms with E-state index in [4.69, 9.17) is 0 Å². The first kappa shape index (κ1) is 11.5. The van der Waals surface area contributed by atoms with Crippen molar-refractivity contribution >= 4 is 11.0 Å². The van der Waals surface area contributed by atoms with Crippen LogP contribution in [0.4, 0.5) is 0 Å². The molecule has 0 saturated heterocycles. The van der Waals surface area contributed by atoms with Gasteiger partial charge >= 0.3 is 0 Å². The highest BCUT2D eigenvalue weighted by Gasteiger charge is 2.23. The molecule has 1 aliphatic rings. The lowest BCUT2D eigenvalue weighted by Gasteiger charge is -2.29. The van der Waals surface area contributed by atoms with Gasteiger partial charge in [0, 0.05) is 0 Å². The summed E-state index contributed by atoms with van der Waals surface area (Å²) < 4.78 is 2.30. The van der Waals surface area contributed by atoms with Crippen molar-refractivity contribution in [1.82, 2.24) is 9.55 Å². The number of rotatable bonds is 3. The Morgan fingerprint density at radius 3 is 2.78 bits per heavy atom. The van der Waals surface area contributed by atoms with E-state index in [1.807, 2.05) is 12.4 Å². The lowest BCUT2D eigenvalue weighted by atomic mass is 9.84. The van der Waals surface area contributed by atoms with E-state index in [-0.39, 0.29) is 0 Å². The highest BCUT2D eigenvalue weighted by atomic mass is 15.1. The van der Waals surface area contributed by atoms with Crippen LogP contribution in [-0.2, 0) is 0 Å². The number of para-hydroxylation sites is 2. The second-order valence-corrected chi connectivity index (χ2v) is 5.26. The van der Waals surface area contributed by atoms with Crippen LogP contribution in [0.5, 0.6) is 0 Å². The maximum Gasteiger partial charge on any atom is 0.0964 e. The first-order valence-corrected chi connectivity index (χ1v) is 6.94. The van der Waals surface area contributed by atoms with Gasteiger partial charge in [-0.05, 0) is 30.9 Å². The normalized spacial score (nSPS) is 18.9. The number of aromatic nitrogens is 2. The van der Waals surface area contributed by atoms with E-state index in [9.17, 15) is 0 Å². The number of nitrogens with zero attached hydrogens (tertiary/aromatic N) is 2. The Hall–Kier alpha value is -1.57. The van der Waals surface area contributed by atoms with Crippen LogP contribution >= 0.6 is 0 Å². The van der Waals surface area contributed by atoms with Gasteiger partial charge in [-0.25, -0.2) is 4.98 Å². The summed E-state index contributed by atoms with van der Waals surface area (Å²) in [6, 6.07) is 8.76. The molecule has 0 amide bonds. The second-order valence-electron chi connectivity index (χ2n) is 5.26. The van der Waals surface area contributed by atoms with Crippen molar-refractivity contribution in [2.24, 2.45) is 5.92 Å². The molecule has 1 atom stereocenters. The zero-order valence-corrected chi connectivity index (χ0v) is 10.8. The highest BCUT2D eigenvalue weighted by molar-refractivity contribution is 5.75. The van der Waals surface area contributed by atoms with Crippen molar-refractivity contribution in [3.63, 3.8) is 0 Å². The maximum atomic E-state index is 4.50. The third-order valence-corrected chi connectivity index (χ3v) is 4.18. The number of benzene rings is 1. The van der Waals surface area contributed by atoms with Crippen molar-refractivity contribution < 1.29 is 0 Å². The van der Waals surface area contributed by atoms with Crippen molar-refractivity contribution in [3.05, 3.63) is 43.2 Å². The summed E-state index contributed by atoms with van der Waals surface area (Å²) in [5.41, 5.74) is 2.31. The molecule has 2 heteroatoms. The molecule has 1 saturated carbocycles. The first-order chi connectivity index (χ1) is 8.90. The largest absolute Gasteiger partial charge is 0.323 e. The molecule has 18 heavy (non-hydrogen) atoms. The fourth-order valence-electron chi connectivity index (χ4n) is 3.22. The topological polar surface area (TPSA) is 17.8 Å². The summed E-state index contributed by atoms with van der Waals surface area (Å²) in [5, 5.41) is 0. The minimum absolute atomic E-state index is 0.401. The molecular weight excluding hydrogens is 220 g/mol. The standard InChI is InChI=1S/C16H20N2/c1-2-15(13-8-4-3-5-9-13)18-12-17-14-10-6-7-11-16(14)18/h2,6-7,10-13,15H,1,3-5,8-9H2/t15-/m0/s1. The SMILES string of the molecule is C=C[C@@H](C1CCCCC1)n1cnc2ccccc21. The molecule has 1 aromatic heterocycles. The van der Waals surface area contributed by atoms with Crippen LogP contribution in [0.3, 0.4) is 0 Å². The van der Waals surface area contributed by atoms with Crippen LogP contribution in [0, 0.1) is 5.92 Å². The van der Waals surface area contributed by atoms with Gasteiger partial charge in [0.15, 0.2) is 0 Å². The van der Waals surface area contributed by atoms with Crippen molar-refractivity contribution in [1.29, 1.82) is 0 Å². The van der Waals surface area contributed by atoms with Crippen LogP contribution in [0.25, 0.3) is 11.0 Å². The van der Waals surface area contributed by atoms with Gasteiger partial charge in [0.25, 0.3) is 0 Å². The van der Waals surface area contributed by atoms with E-state index in [1.54, 1.807) is 0 Å². The number of imidazole rings is 1. The van der Waals surface area contributed by atoms with Gasteiger partial charge in [0.2, 0.25) is 0 Å². The third-order valence-electron chi connectivity index (χ3n) is 4.18.